The first-order valence-corrected chi connectivity index (χ1v) is 6.56. The molecule has 0 atom stereocenters. The highest BCUT2D eigenvalue weighted by Gasteiger charge is 2.27. The Kier molecular flexibility index (Phi) is 3.85. The highest BCUT2D eigenvalue weighted by atomic mass is 16.1. The molecule has 1 aromatic rings. The van der Waals surface area contributed by atoms with E-state index in [2.05, 4.69) is 43.4 Å². The number of hydrogen-bond acceptors (Lipinski definition) is 2. The molecule has 0 bridgehead atoms. The maximum atomic E-state index is 11.6. The number of carbonyl (C=O) groups is 1. The van der Waals surface area contributed by atoms with Gasteiger partial charge in [0.1, 0.15) is 0 Å². The maximum absolute atomic E-state index is 11.6. The molecule has 0 spiro atoms. The van der Waals surface area contributed by atoms with Crippen LogP contribution in [0.1, 0.15) is 32.3 Å². The Bertz CT molecular complexity index is 445. The predicted molar refractivity (Wildman–Crippen MR) is 74.3 cm³/mol. The van der Waals surface area contributed by atoms with Crippen molar-refractivity contribution in [3.05, 3.63) is 47.7 Å². The van der Waals surface area contributed by atoms with Crippen LogP contribution in [0.2, 0.25) is 0 Å². The second-order valence-electron chi connectivity index (χ2n) is 5.82. The second-order valence-corrected chi connectivity index (χ2v) is 5.82. The van der Waals surface area contributed by atoms with E-state index in [1.165, 1.54) is 5.56 Å². The van der Waals surface area contributed by atoms with Gasteiger partial charge in [-0.3, -0.25) is 4.79 Å². The zero-order valence-electron chi connectivity index (χ0n) is 11.2. The molecule has 0 saturated carbocycles. The molecular weight excluding hydrogens is 222 g/mol. The lowest BCUT2D eigenvalue weighted by Gasteiger charge is -2.29. The van der Waals surface area contributed by atoms with Crippen LogP contribution >= 0.6 is 0 Å². The molecule has 1 aliphatic rings. The van der Waals surface area contributed by atoms with Crippen LogP contribution in [0.15, 0.2) is 42.1 Å². The summed E-state index contributed by atoms with van der Waals surface area (Å²) in [5.74, 6) is 0.244. The molecule has 1 aliphatic carbocycles. The summed E-state index contributed by atoms with van der Waals surface area (Å²) in [7, 11) is 0. The van der Waals surface area contributed by atoms with Gasteiger partial charge in [0, 0.05) is 24.7 Å². The molecule has 0 saturated heterocycles. The average molecular weight is 243 g/mol. The van der Waals surface area contributed by atoms with E-state index >= 15 is 0 Å². The van der Waals surface area contributed by atoms with Gasteiger partial charge in [0.25, 0.3) is 0 Å². The standard InChI is InChI=1S/C16H21NO/c1-16(2)11-14(10-15(18)12-16)17-9-8-13-6-4-3-5-7-13/h3-7,10,17H,8-9,11-12H2,1-2H3. The van der Waals surface area contributed by atoms with Gasteiger partial charge >= 0.3 is 0 Å². The normalized spacial score (nSPS) is 18.3. The lowest BCUT2D eigenvalue weighted by atomic mass is 9.79. The van der Waals surface area contributed by atoms with Crippen LogP contribution in [0.25, 0.3) is 0 Å². The fourth-order valence-corrected chi connectivity index (χ4v) is 2.47. The molecule has 0 fully saturated rings. The van der Waals surface area contributed by atoms with E-state index in [0.717, 1.165) is 25.1 Å². The quantitative estimate of drug-likeness (QED) is 0.880. The van der Waals surface area contributed by atoms with Gasteiger partial charge in [-0.15, -0.1) is 0 Å². The zero-order chi connectivity index (χ0) is 13.0. The highest BCUT2D eigenvalue weighted by Crippen LogP contribution is 2.32. The van der Waals surface area contributed by atoms with E-state index < -0.39 is 0 Å². The molecule has 0 aromatic heterocycles. The molecule has 96 valence electrons. The zero-order valence-corrected chi connectivity index (χ0v) is 11.2. The number of carbonyl (C=O) groups excluding carboxylic acids is 1. The average Bonchev–Trinajstić information content (AvgIpc) is 2.27. The Balaban J connectivity index is 1.85. The van der Waals surface area contributed by atoms with Gasteiger partial charge < -0.3 is 5.32 Å². The number of rotatable bonds is 4. The number of benzene rings is 1. The summed E-state index contributed by atoms with van der Waals surface area (Å²) in [6.07, 6.45) is 4.40. The fourth-order valence-electron chi connectivity index (χ4n) is 2.47. The molecular formula is C16H21NO. The minimum Gasteiger partial charge on any atom is -0.388 e. The van der Waals surface area contributed by atoms with E-state index in [4.69, 9.17) is 0 Å². The number of hydrogen-bond donors (Lipinski definition) is 1. The number of allylic oxidation sites excluding steroid dienone is 2. The first kappa shape index (κ1) is 12.9. The topological polar surface area (TPSA) is 29.1 Å². The molecule has 18 heavy (non-hydrogen) atoms. The van der Waals surface area contributed by atoms with E-state index in [0.29, 0.717) is 6.42 Å². The minimum atomic E-state index is 0.0981. The summed E-state index contributed by atoms with van der Waals surface area (Å²) >= 11 is 0. The second kappa shape index (κ2) is 5.38. The Morgan fingerprint density at radius 1 is 1.17 bits per heavy atom. The highest BCUT2D eigenvalue weighted by molar-refractivity contribution is 5.91. The van der Waals surface area contributed by atoms with Crippen LogP contribution in [0.4, 0.5) is 0 Å². The summed E-state index contributed by atoms with van der Waals surface area (Å²) in [6.45, 7) is 5.19. The van der Waals surface area contributed by atoms with Crippen molar-refractivity contribution in [2.24, 2.45) is 5.41 Å². The van der Waals surface area contributed by atoms with Gasteiger partial charge in [-0.25, -0.2) is 0 Å². The van der Waals surface area contributed by atoms with Crippen LogP contribution in [-0.2, 0) is 11.2 Å². The first-order valence-electron chi connectivity index (χ1n) is 6.56. The molecule has 2 rings (SSSR count). The largest absolute Gasteiger partial charge is 0.388 e. The summed E-state index contributed by atoms with van der Waals surface area (Å²) in [4.78, 5) is 11.6. The van der Waals surface area contributed by atoms with E-state index in [9.17, 15) is 4.79 Å². The molecule has 0 heterocycles. The van der Waals surface area contributed by atoms with E-state index in [1.54, 1.807) is 6.08 Å². The predicted octanol–water partition coefficient (Wildman–Crippen LogP) is 3.09. The van der Waals surface area contributed by atoms with Crippen LogP contribution in [0.3, 0.4) is 0 Å². The van der Waals surface area contributed by atoms with Crippen molar-refractivity contribution in [2.75, 3.05) is 6.54 Å². The number of ketones is 1. The first-order chi connectivity index (χ1) is 8.55. The van der Waals surface area contributed by atoms with Crippen molar-refractivity contribution in [3.8, 4) is 0 Å². The van der Waals surface area contributed by atoms with E-state index in [-0.39, 0.29) is 11.2 Å². The Morgan fingerprint density at radius 3 is 2.56 bits per heavy atom. The summed E-state index contributed by atoms with van der Waals surface area (Å²) in [6, 6.07) is 10.4. The molecule has 1 aromatic carbocycles. The van der Waals surface area contributed by atoms with Gasteiger partial charge in [-0.2, -0.15) is 0 Å². The van der Waals surface area contributed by atoms with Crippen LogP contribution in [-0.4, -0.2) is 12.3 Å². The SMILES string of the molecule is CC1(C)CC(=O)C=C(NCCc2ccccc2)C1. The molecule has 2 heteroatoms. The third kappa shape index (κ3) is 3.73. The Labute approximate surface area is 109 Å². The van der Waals surface area contributed by atoms with Crippen molar-refractivity contribution in [2.45, 2.75) is 33.1 Å². The van der Waals surface area contributed by atoms with Crippen molar-refractivity contribution < 1.29 is 4.79 Å². The number of nitrogens with one attached hydrogen (secondary N) is 1. The summed E-state index contributed by atoms with van der Waals surface area (Å²) < 4.78 is 0. The smallest absolute Gasteiger partial charge is 0.157 e. The van der Waals surface area contributed by atoms with Crippen LogP contribution < -0.4 is 5.32 Å². The van der Waals surface area contributed by atoms with Gasteiger partial charge in [0.05, 0.1) is 0 Å². The van der Waals surface area contributed by atoms with Crippen molar-refractivity contribution in [1.82, 2.24) is 5.32 Å². The van der Waals surface area contributed by atoms with Crippen molar-refractivity contribution in [3.63, 3.8) is 0 Å². The lowest BCUT2D eigenvalue weighted by molar-refractivity contribution is -0.117. The molecule has 0 unspecified atom stereocenters. The third-order valence-corrected chi connectivity index (χ3v) is 3.27. The molecule has 2 nitrogen and oxygen atoms in total. The minimum absolute atomic E-state index is 0.0981. The van der Waals surface area contributed by atoms with Crippen molar-refractivity contribution >= 4 is 5.78 Å². The lowest BCUT2D eigenvalue weighted by Crippen LogP contribution is -2.28. The van der Waals surface area contributed by atoms with Crippen LogP contribution in [0.5, 0.6) is 0 Å². The molecule has 1 N–H and O–H groups in total. The van der Waals surface area contributed by atoms with Gasteiger partial charge in [-0.05, 0) is 23.8 Å². The Morgan fingerprint density at radius 2 is 1.89 bits per heavy atom. The maximum Gasteiger partial charge on any atom is 0.157 e. The Hall–Kier alpha value is -1.57. The third-order valence-electron chi connectivity index (χ3n) is 3.27. The summed E-state index contributed by atoms with van der Waals surface area (Å²) in [5.41, 5.74) is 2.51. The van der Waals surface area contributed by atoms with Gasteiger partial charge in [0.15, 0.2) is 5.78 Å². The van der Waals surface area contributed by atoms with Gasteiger partial charge in [0.2, 0.25) is 0 Å². The molecule has 0 aliphatic heterocycles. The fraction of sp³-hybridized carbons (Fsp3) is 0.438. The monoisotopic (exact) mass is 243 g/mol. The van der Waals surface area contributed by atoms with Crippen LogP contribution in [0, 0.1) is 5.41 Å². The van der Waals surface area contributed by atoms with Crippen molar-refractivity contribution in [1.29, 1.82) is 0 Å². The van der Waals surface area contributed by atoms with Gasteiger partial charge in [-0.1, -0.05) is 44.2 Å². The molecule has 0 amide bonds. The molecule has 0 radical (unpaired) electrons. The summed E-state index contributed by atoms with van der Waals surface area (Å²) in [5, 5.41) is 3.40. The van der Waals surface area contributed by atoms with E-state index in [1.807, 2.05) is 6.07 Å².